The van der Waals surface area contributed by atoms with Crippen molar-refractivity contribution in [2.75, 3.05) is 6.54 Å². The van der Waals surface area contributed by atoms with Gasteiger partial charge in [-0.1, -0.05) is 23.7 Å². The first-order chi connectivity index (χ1) is 11.1. The van der Waals surface area contributed by atoms with Crippen molar-refractivity contribution in [3.05, 3.63) is 53.4 Å². The predicted molar refractivity (Wildman–Crippen MR) is 85.1 cm³/mol. The largest absolute Gasteiger partial charge is 0.479 e. The van der Waals surface area contributed by atoms with E-state index in [0.717, 1.165) is 0 Å². The summed E-state index contributed by atoms with van der Waals surface area (Å²) in [6.07, 6.45) is 0.754. The first-order valence-corrected chi connectivity index (χ1v) is 7.42. The summed E-state index contributed by atoms with van der Waals surface area (Å²) in [5, 5.41) is 5.55. The Hall–Kier alpha value is -2.47. The molecule has 0 aliphatic heterocycles. The molecule has 2 aromatic rings. The Morgan fingerprint density at radius 2 is 2.00 bits per heavy atom. The molecule has 1 unspecified atom stereocenters. The van der Waals surface area contributed by atoms with Crippen LogP contribution in [-0.2, 0) is 16.1 Å². The fourth-order valence-electron chi connectivity index (χ4n) is 1.76. The number of carbonyl (C=O) groups is 2. The highest BCUT2D eigenvalue weighted by molar-refractivity contribution is 6.32. The second-order valence-electron chi connectivity index (χ2n) is 4.76. The molecule has 0 radical (unpaired) electrons. The number of rotatable bonds is 7. The molecule has 2 N–H and O–H groups in total. The van der Waals surface area contributed by atoms with Crippen LogP contribution in [0, 0.1) is 0 Å². The van der Waals surface area contributed by atoms with Crippen molar-refractivity contribution >= 4 is 23.4 Å². The van der Waals surface area contributed by atoms with Crippen LogP contribution in [0.5, 0.6) is 5.75 Å². The zero-order chi connectivity index (χ0) is 16.7. The minimum atomic E-state index is -0.771. The summed E-state index contributed by atoms with van der Waals surface area (Å²) >= 11 is 5.96. The molecule has 0 bridgehead atoms. The first-order valence-electron chi connectivity index (χ1n) is 7.04. The normalized spacial score (nSPS) is 11.6. The molecule has 23 heavy (non-hydrogen) atoms. The molecular formula is C16H17ClN2O4. The van der Waals surface area contributed by atoms with E-state index in [1.807, 2.05) is 0 Å². The Bertz CT molecular complexity index is 658. The Kier molecular flexibility index (Phi) is 6.05. The standard InChI is InChI=1S/C16H17ClN2O4/c1-11(23-14-7-3-2-6-13(14)17)16(21)19-10-15(20)18-9-12-5-4-8-22-12/h2-8,11H,9-10H2,1H3,(H,18,20)(H,19,21). The van der Waals surface area contributed by atoms with Crippen LogP contribution in [0.3, 0.4) is 0 Å². The van der Waals surface area contributed by atoms with Crippen molar-refractivity contribution < 1.29 is 18.7 Å². The highest BCUT2D eigenvalue weighted by Gasteiger charge is 2.16. The predicted octanol–water partition coefficient (Wildman–Crippen LogP) is 2.13. The van der Waals surface area contributed by atoms with Gasteiger partial charge in [-0.3, -0.25) is 9.59 Å². The maximum atomic E-state index is 11.9. The smallest absolute Gasteiger partial charge is 0.261 e. The third kappa shape index (κ3) is 5.34. The molecule has 1 atom stereocenters. The van der Waals surface area contributed by atoms with E-state index < -0.39 is 12.0 Å². The van der Waals surface area contributed by atoms with Gasteiger partial charge >= 0.3 is 0 Å². The molecule has 0 aliphatic rings. The second kappa shape index (κ2) is 8.24. The van der Waals surface area contributed by atoms with Crippen LogP contribution in [0.25, 0.3) is 0 Å². The molecule has 2 amide bonds. The maximum Gasteiger partial charge on any atom is 0.261 e. The van der Waals surface area contributed by atoms with Gasteiger partial charge in [0, 0.05) is 0 Å². The lowest BCUT2D eigenvalue weighted by Gasteiger charge is -2.15. The van der Waals surface area contributed by atoms with Gasteiger partial charge in [0.05, 0.1) is 24.4 Å². The first kappa shape index (κ1) is 16.9. The minimum Gasteiger partial charge on any atom is -0.479 e. The van der Waals surface area contributed by atoms with Crippen LogP contribution >= 0.6 is 11.6 Å². The molecule has 0 aliphatic carbocycles. The van der Waals surface area contributed by atoms with Gasteiger partial charge < -0.3 is 19.8 Å². The van der Waals surface area contributed by atoms with E-state index >= 15 is 0 Å². The Morgan fingerprint density at radius 3 is 2.70 bits per heavy atom. The number of ether oxygens (including phenoxy) is 1. The van der Waals surface area contributed by atoms with Crippen molar-refractivity contribution in [3.63, 3.8) is 0 Å². The molecule has 0 fully saturated rings. The SMILES string of the molecule is CC(Oc1ccccc1Cl)C(=O)NCC(=O)NCc1ccco1. The van der Waals surface area contributed by atoms with Gasteiger partial charge in [0.15, 0.2) is 6.10 Å². The zero-order valence-electron chi connectivity index (χ0n) is 12.5. The second-order valence-corrected chi connectivity index (χ2v) is 5.17. The van der Waals surface area contributed by atoms with Gasteiger partial charge in [-0.15, -0.1) is 0 Å². The fourth-order valence-corrected chi connectivity index (χ4v) is 1.94. The van der Waals surface area contributed by atoms with Crippen molar-refractivity contribution in [1.82, 2.24) is 10.6 Å². The molecule has 1 heterocycles. The Labute approximate surface area is 138 Å². The summed E-state index contributed by atoms with van der Waals surface area (Å²) in [6.45, 7) is 1.71. The topological polar surface area (TPSA) is 80.6 Å². The number of amides is 2. The number of hydrogen-bond acceptors (Lipinski definition) is 4. The molecule has 0 saturated heterocycles. The molecule has 7 heteroatoms. The molecule has 2 rings (SSSR count). The summed E-state index contributed by atoms with van der Waals surface area (Å²) in [7, 11) is 0. The minimum absolute atomic E-state index is 0.143. The van der Waals surface area contributed by atoms with Gasteiger partial charge in [0.1, 0.15) is 11.5 Å². The molecule has 0 saturated carbocycles. The highest BCUT2D eigenvalue weighted by atomic mass is 35.5. The van der Waals surface area contributed by atoms with Crippen LogP contribution in [0.15, 0.2) is 47.1 Å². The van der Waals surface area contributed by atoms with E-state index in [-0.39, 0.29) is 19.0 Å². The molecule has 6 nitrogen and oxygen atoms in total. The third-order valence-electron chi connectivity index (χ3n) is 2.97. The van der Waals surface area contributed by atoms with Crippen LogP contribution in [-0.4, -0.2) is 24.5 Å². The Morgan fingerprint density at radius 1 is 1.22 bits per heavy atom. The van der Waals surface area contributed by atoms with Gasteiger partial charge in [0.2, 0.25) is 5.91 Å². The summed E-state index contributed by atoms with van der Waals surface area (Å²) in [4.78, 5) is 23.6. The number of halogens is 1. The maximum absolute atomic E-state index is 11.9. The number of benzene rings is 1. The zero-order valence-corrected chi connectivity index (χ0v) is 13.3. The summed E-state index contributed by atoms with van der Waals surface area (Å²) in [5.41, 5.74) is 0. The molecule has 1 aromatic carbocycles. The number of furan rings is 1. The van der Waals surface area contributed by atoms with Crippen molar-refractivity contribution in [2.24, 2.45) is 0 Å². The van der Waals surface area contributed by atoms with Gasteiger partial charge in [-0.05, 0) is 31.2 Å². The highest BCUT2D eigenvalue weighted by Crippen LogP contribution is 2.24. The number of para-hydroxylation sites is 1. The monoisotopic (exact) mass is 336 g/mol. The molecular weight excluding hydrogens is 320 g/mol. The van der Waals surface area contributed by atoms with Crippen molar-refractivity contribution in [1.29, 1.82) is 0 Å². The fraction of sp³-hybridized carbons (Fsp3) is 0.250. The Balaban J connectivity index is 1.73. The number of nitrogens with one attached hydrogen (secondary N) is 2. The average molecular weight is 337 g/mol. The van der Waals surface area contributed by atoms with E-state index in [2.05, 4.69) is 10.6 Å². The third-order valence-corrected chi connectivity index (χ3v) is 3.28. The quantitative estimate of drug-likeness (QED) is 0.811. The van der Waals surface area contributed by atoms with E-state index in [4.69, 9.17) is 20.8 Å². The van der Waals surface area contributed by atoms with Gasteiger partial charge in [-0.2, -0.15) is 0 Å². The average Bonchev–Trinajstić information content (AvgIpc) is 3.06. The van der Waals surface area contributed by atoms with E-state index in [1.54, 1.807) is 43.3 Å². The van der Waals surface area contributed by atoms with Gasteiger partial charge in [-0.25, -0.2) is 0 Å². The van der Waals surface area contributed by atoms with Crippen LogP contribution in [0.1, 0.15) is 12.7 Å². The van der Waals surface area contributed by atoms with E-state index in [0.29, 0.717) is 16.5 Å². The number of hydrogen-bond donors (Lipinski definition) is 2. The molecule has 0 spiro atoms. The summed E-state index contributed by atoms with van der Waals surface area (Å²) in [6, 6.07) is 10.3. The van der Waals surface area contributed by atoms with Gasteiger partial charge in [0.25, 0.3) is 5.91 Å². The number of carbonyl (C=O) groups excluding carboxylic acids is 2. The summed E-state index contributed by atoms with van der Waals surface area (Å²) in [5.74, 6) is 0.331. The van der Waals surface area contributed by atoms with E-state index in [9.17, 15) is 9.59 Å². The van der Waals surface area contributed by atoms with E-state index in [1.165, 1.54) is 6.26 Å². The lowest BCUT2D eigenvalue weighted by molar-refractivity contribution is -0.130. The van der Waals surface area contributed by atoms with Crippen LogP contribution in [0.2, 0.25) is 5.02 Å². The lowest BCUT2D eigenvalue weighted by atomic mass is 10.3. The molecule has 1 aromatic heterocycles. The van der Waals surface area contributed by atoms with Crippen molar-refractivity contribution in [2.45, 2.75) is 19.6 Å². The molecule has 122 valence electrons. The summed E-state index contributed by atoms with van der Waals surface area (Å²) < 4.78 is 10.6. The lowest BCUT2D eigenvalue weighted by Crippen LogP contribution is -2.42. The van der Waals surface area contributed by atoms with Crippen LogP contribution in [0.4, 0.5) is 0 Å². The van der Waals surface area contributed by atoms with Crippen LogP contribution < -0.4 is 15.4 Å². The van der Waals surface area contributed by atoms with Crippen molar-refractivity contribution in [3.8, 4) is 5.75 Å².